The second kappa shape index (κ2) is 14.3. The Labute approximate surface area is 298 Å². The minimum Gasteiger partial charge on any atom is -0.476 e. The van der Waals surface area contributed by atoms with Crippen LogP contribution in [0.5, 0.6) is 17.6 Å². The number of anilines is 1. The van der Waals surface area contributed by atoms with Gasteiger partial charge < -0.3 is 28.6 Å². The maximum atomic E-state index is 14.6. The van der Waals surface area contributed by atoms with Crippen molar-refractivity contribution in [3.63, 3.8) is 0 Å². The van der Waals surface area contributed by atoms with Crippen molar-refractivity contribution >= 4 is 22.7 Å². The normalized spacial score (nSPS) is 24.4. The van der Waals surface area contributed by atoms with Gasteiger partial charge in [-0.3, -0.25) is 9.80 Å². The number of hydrogen-bond acceptors (Lipinski definition) is 11. The highest BCUT2D eigenvalue weighted by Crippen LogP contribution is 2.41. The molecule has 3 aromatic rings. The van der Waals surface area contributed by atoms with E-state index in [2.05, 4.69) is 22.0 Å². The zero-order valence-electron chi connectivity index (χ0n) is 29.9. The molecular formula is C38H47FN6O6. The number of carbonyl (C=O) groups is 1. The fraction of sp³-hybridized carbons (Fsp3) is 0.579. The topological polar surface area (TPSA) is 123 Å². The Balaban J connectivity index is 1.16. The molecule has 4 aliphatic rings. The van der Waals surface area contributed by atoms with Gasteiger partial charge in [0, 0.05) is 39.6 Å². The lowest BCUT2D eigenvalue weighted by Gasteiger charge is -2.42. The predicted octanol–water partition coefficient (Wildman–Crippen LogP) is 5.65. The molecule has 4 atom stereocenters. The van der Waals surface area contributed by atoms with Gasteiger partial charge in [0.1, 0.15) is 30.2 Å². The maximum Gasteiger partial charge on any atom is 0.410 e. The number of hydrogen-bond donors (Lipinski definition) is 0. The number of nitriles is 1. The van der Waals surface area contributed by atoms with Crippen LogP contribution < -0.4 is 19.1 Å². The summed E-state index contributed by atoms with van der Waals surface area (Å²) in [4.78, 5) is 28.7. The molecule has 0 spiro atoms. The number of aromatic nitrogens is 2. The van der Waals surface area contributed by atoms with E-state index in [1.165, 1.54) is 0 Å². The Morgan fingerprint density at radius 1 is 1.08 bits per heavy atom. The number of carbonyl (C=O) groups excluding carboxylic acids is 1. The van der Waals surface area contributed by atoms with E-state index < -0.39 is 17.3 Å². The number of piperazine rings is 1. The number of fused-ring (bicyclic) bond motifs is 4. The zero-order valence-corrected chi connectivity index (χ0v) is 29.9. The molecule has 12 nitrogen and oxygen atoms in total. The molecule has 0 aliphatic carbocycles. The van der Waals surface area contributed by atoms with Crippen LogP contribution in [-0.2, 0) is 15.9 Å². The van der Waals surface area contributed by atoms with Crippen LogP contribution in [0.2, 0.25) is 0 Å². The highest BCUT2D eigenvalue weighted by molar-refractivity contribution is 5.87. The van der Waals surface area contributed by atoms with Crippen molar-refractivity contribution in [1.82, 2.24) is 19.8 Å². The second-order valence-corrected chi connectivity index (χ2v) is 15.1. The van der Waals surface area contributed by atoms with Gasteiger partial charge in [-0.1, -0.05) is 24.3 Å². The molecule has 4 fully saturated rings. The third kappa shape index (κ3) is 7.35. The quantitative estimate of drug-likeness (QED) is 0.231. The molecule has 4 saturated heterocycles. The summed E-state index contributed by atoms with van der Waals surface area (Å²) in [6, 6.07) is 14.2. The smallest absolute Gasteiger partial charge is 0.410 e. The molecule has 0 N–H and O–H groups in total. The van der Waals surface area contributed by atoms with Crippen molar-refractivity contribution in [3.8, 4) is 23.7 Å². The summed E-state index contributed by atoms with van der Waals surface area (Å²) in [5.74, 6) is 1.23. The van der Waals surface area contributed by atoms with Crippen LogP contribution in [0, 0.1) is 11.3 Å². The number of rotatable bonds is 11. The number of ether oxygens (including phenoxy) is 5. The molecule has 1 amide bonds. The second-order valence-electron chi connectivity index (χ2n) is 15.1. The molecule has 2 bridgehead atoms. The monoisotopic (exact) mass is 702 g/mol. The SMILES string of the molecule is COCOc1cc(CCOc2nc(OC[C@@]34CCCN3C[C@H](F)C4)nc(N3C[C@H]4CC[C@@H](C3)N4C(=O)OC(C)(C)C)c2C#N)c2ccccc2c1. The predicted molar refractivity (Wildman–Crippen MR) is 188 cm³/mol. The van der Waals surface area contributed by atoms with Gasteiger partial charge in [0.25, 0.3) is 0 Å². The molecule has 4 aliphatic heterocycles. The van der Waals surface area contributed by atoms with Gasteiger partial charge in [0.15, 0.2) is 18.2 Å². The van der Waals surface area contributed by atoms with E-state index in [9.17, 15) is 14.4 Å². The summed E-state index contributed by atoms with van der Waals surface area (Å²) in [5.41, 5.74) is 0.223. The van der Waals surface area contributed by atoms with Crippen LogP contribution in [-0.4, -0.2) is 109 Å². The Morgan fingerprint density at radius 2 is 1.86 bits per heavy atom. The first-order valence-corrected chi connectivity index (χ1v) is 17.9. The van der Waals surface area contributed by atoms with E-state index in [-0.39, 0.29) is 55.6 Å². The Kier molecular flexibility index (Phi) is 9.82. The third-order valence-electron chi connectivity index (χ3n) is 10.4. The van der Waals surface area contributed by atoms with Crippen LogP contribution in [0.25, 0.3) is 10.8 Å². The van der Waals surface area contributed by atoms with Crippen LogP contribution in [0.15, 0.2) is 36.4 Å². The summed E-state index contributed by atoms with van der Waals surface area (Å²) in [5, 5.41) is 12.6. The van der Waals surface area contributed by atoms with Crippen molar-refractivity contribution in [3.05, 3.63) is 47.5 Å². The minimum atomic E-state index is -0.892. The van der Waals surface area contributed by atoms with Crippen molar-refractivity contribution in [2.24, 2.45) is 0 Å². The van der Waals surface area contributed by atoms with Gasteiger partial charge in [0.05, 0.1) is 24.2 Å². The van der Waals surface area contributed by atoms with Crippen LogP contribution in [0.1, 0.15) is 64.0 Å². The zero-order chi connectivity index (χ0) is 35.8. The van der Waals surface area contributed by atoms with Crippen molar-refractivity contribution < 1.29 is 32.9 Å². The molecule has 51 heavy (non-hydrogen) atoms. The lowest BCUT2D eigenvalue weighted by molar-refractivity contribution is 0.0122. The van der Waals surface area contributed by atoms with Gasteiger partial charge in [-0.25, -0.2) is 9.18 Å². The van der Waals surface area contributed by atoms with Crippen molar-refractivity contribution in [2.45, 2.75) is 88.7 Å². The largest absolute Gasteiger partial charge is 0.476 e. The lowest BCUT2D eigenvalue weighted by Crippen LogP contribution is -2.57. The maximum absolute atomic E-state index is 14.6. The molecule has 2 aromatic carbocycles. The van der Waals surface area contributed by atoms with E-state index in [0.29, 0.717) is 44.0 Å². The molecule has 0 radical (unpaired) electrons. The van der Waals surface area contributed by atoms with Gasteiger partial charge >= 0.3 is 12.1 Å². The van der Waals surface area contributed by atoms with Gasteiger partial charge in [-0.15, -0.1) is 0 Å². The van der Waals surface area contributed by atoms with Gasteiger partial charge in [-0.2, -0.15) is 15.2 Å². The summed E-state index contributed by atoms with van der Waals surface area (Å²) in [6.07, 6.45) is 3.19. The fourth-order valence-corrected chi connectivity index (χ4v) is 8.28. The van der Waals surface area contributed by atoms with Crippen molar-refractivity contribution in [1.29, 1.82) is 5.26 Å². The number of benzene rings is 2. The molecule has 7 rings (SSSR count). The fourth-order valence-electron chi connectivity index (χ4n) is 8.28. The minimum absolute atomic E-state index is 0.0878. The highest BCUT2D eigenvalue weighted by Gasteiger charge is 2.50. The molecule has 0 unspecified atom stereocenters. The summed E-state index contributed by atoms with van der Waals surface area (Å²) < 4.78 is 43.8. The first-order valence-electron chi connectivity index (χ1n) is 17.9. The number of halogens is 1. The Hall–Kier alpha value is -4.41. The number of nitrogens with zero attached hydrogens (tertiary/aromatic N) is 6. The Morgan fingerprint density at radius 3 is 2.61 bits per heavy atom. The standard InChI is InChI=1S/C38H47FN6O6/c1-37(2,3)51-36(46)45-28-10-11-29(45)22-43(21-28)33-32(19-40)34(42-35(41-33)49-23-38-13-7-14-44(38)20-27(39)18-38)48-15-12-26-17-30(50-24-47-4)16-25-8-5-6-9-31(25)26/h5-6,8-9,16-17,27-29H,7,10-15,18,20-24H2,1-4H3/t27-,28-,29+,38+/m1/s1. The molecule has 5 heterocycles. The highest BCUT2D eigenvalue weighted by atomic mass is 19.1. The van der Waals surface area contributed by atoms with Crippen LogP contribution >= 0.6 is 0 Å². The van der Waals surface area contributed by atoms with Crippen molar-refractivity contribution in [2.75, 3.05) is 58.2 Å². The van der Waals surface area contributed by atoms with E-state index >= 15 is 0 Å². The van der Waals surface area contributed by atoms with E-state index in [0.717, 1.165) is 48.6 Å². The van der Waals surface area contributed by atoms with Gasteiger partial charge in [-0.05, 0) is 81.5 Å². The van der Waals surface area contributed by atoms with E-state index in [1.54, 1.807) is 7.11 Å². The molecule has 13 heteroatoms. The van der Waals surface area contributed by atoms with E-state index in [4.69, 9.17) is 28.7 Å². The number of methoxy groups -OCH3 is 1. The molecule has 272 valence electrons. The van der Waals surface area contributed by atoms with Gasteiger partial charge in [0.2, 0.25) is 5.88 Å². The number of amides is 1. The first kappa shape index (κ1) is 35.0. The summed E-state index contributed by atoms with van der Waals surface area (Å²) in [7, 11) is 1.58. The number of alkyl halides is 1. The average Bonchev–Trinajstić information content (AvgIpc) is 3.72. The molecular weight excluding hydrogens is 655 g/mol. The molecule has 0 saturated carbocycles. The first-order chi connectivity index (χ1) is 24.6. The van der Waals surface area contributed by atoms with Crippen LogP contribution in [0.4, 0.5) is 15.0 Å². The average molecular weight is 703 g/mol. The van der Waals surface area contributed by atoms with Crippen LogP contribution in [0.3, 0.4) is 0 Å². The van der Waals surface area contributed by atoms with E-state index in [1.807, 2.05) is 60.9 Å². The molecule has 1 aromatic heterocycles. The third-order valence-corrected chi connectivity index (χ3v) is 10.4. The Bertz CT molecular complexity index is 1780. The summed E-state index contributed by atoms with van der Waals surface area (Å²) >= 11 is 0. The summed E-state index contributed by atoms with van der Waals surface area (Å²) in [6.45, 7) is 8.40. The lowest BCUT2D eigenvalue weighted by atomic mass is 9.95.